The molecule has 1 saturated heterocycles. The summed E-state index contributed by atoms with van der Waals surface area (Å²) in [6, 6.07) is 7.95. The van der Waals surface area contributed by atoms with E-state index in [0.717, 1.165) is 31.6 Å². The van der Waals surface area contributed by atoms with Gasteiger partial charge in [-0.3, -0.25) is 14.4 Å². The molecular weight excluding hydrogens is 292 g/mol. The Kier molecular flexibility index (Phi) is 4.35. The lowest BCUT2D eigenvalue weighted by Gasteiger charge is -2.16. The maximum absolute atomic E-state index is 11.1. The summed E-state index contributed by atoms with van der Waals surface area (Å²) in [5, 5.41) is 16.0. The molecule has 2 aromatic rings. The Morgan fingerprint density at radius 2 is 2.39 bits per heavy atom. The van der Waals surface area contributed by atoms with Crippen LogP contribution < -0.4 is 5.32 Å². The van der Waals surface area contributed by atoms with Crippen molar-refractivity contribution in [3.8, 4) is 6.07 Å². The molecule has 1 N–H and O–H groups in total. The van der Waals surface area contributed by atoms with Crippen molar-refractivity contribution >= 4 is 11.7 Å². The van der Waals surface area contributed by atoms with Crippen LogP contribution in [0.1, 0.15) is 30.6 Å². The van der Waals surface area contributed by atoms with E-state index in [-0.39, 0.29) is 5.91 Å². The highest BCUT2D eigenvalue weighted by atomic mass is 16.1. The molecule has 1 amide bonds. The van der Waals surface area contributed by atoms with Gasteiger partial charge in [0.15, 0.2) is 5.82 Å². The quantitative estimate of drug-likeness (QED) is 0.926. The molecule has 3 rings (SSSR count). The number of hydrogen-bond donors (Lipinski definition) is 1. The van der Waals surface area contributed by atoms with Gasteiger partial charge in [0.05, 0.1) is 6.04 Å². The van der Waals surface area contributed by atoms with Gasteiger partial charge in [-0.15, -0.1) is 0 Å². The fraction of sp³-hybridized carbons (Fsp3) is 0.375. The Morgan fingerprint density at radius 3 is 3.17 bits per heavy atom. The molecule has 1 aliphatic heterocycles. The number of likely N-dealkylation sites (tertiary alicyclic amines) is 1. The monoisotopic (exact) mass is 310 g/mol. The molecular formula is C16H18N6O. The first-order valence-corrected chi connectivity index (χ1v) is 7.54. The Bertz CT molecular complexity index is 747. The third kappa shape index (κ3) is 3.73. The van der Waals surface area contributed by atoms with Gasteiger partial charge in [-0.05, 0) is 24.1 Å². The Balaban J connectivity index is 1.61. The molecule has 0 radical (unpaired) electrons. The summed E-state index contributed by atoms with van der Waals surface area (Å²) in [5.41, 5.74) is 1.54. The molecule has 0 aliphatic carbocycles. The molecule has 0 bridgehead atoms. The maximum Gasteiger partial charge on any atom is 0.222 e. The fourth-order valence-electron chi connectivity index (χ4n) is 2.85. The summed E-state index contributed by atoms with van der Waals surface area (Å²) in [5.74, 6) is 0.470. The number of nitriles is 1. The zero-order chi connectivity index (χ0) is 16.2. The molecule has 0 aromatic carbocycles. The van der Waals surface area contributed by atoms with E-state index < -0.39 is 0 Å². The molecule has 1 atom stereocenters. The largest absolute Gasteiger partial charge is 0.309 e. The molecule has 3 heterocycles. The van der Waals surface area contributed by atoms with E-state index in [4.69, 9.17) is 5.26 Å². The number of amides is 1. The molecule has 118 valence electrons. The van der Waals surface area contributed by atoms with Crippen LogP contribution in [-0.4, -0.2) is 38.7 Å². The lowest BCUT2D eigenvalue weighted by atomic mass is 10.2. The second-order valence-electron chi connectivity index (χ2n) is 5.70. The Morgan fingerprint density at radius 1 is 1.52 bits per heavy atom. The number of carbonyl (C=O) groups excluding carboxylic acids is 1. The van der Waals surface area contributed by atoms with E-state index in [0.29, 0.717) is 17.6 Å². The summed E-state index contributed by atoms with van der Waals surface area (Å²) in [6.45, 7) is 4.14. The van der Waals surface area contributed by atoms with Crippen molar-refractivity contribution in [3.05, 3.63) is 41.9 Å². The van der Waals surface area contributed by atoms with Crippen LogP contribution in [-0.2, 0) is 11.3 Å². The van der Waals surface area contributed by atoms with Crippen molar-refractivity contribution in [2.75, 3.05) is 18.4 Å². The van der Waals surface area contributed by atoms with E-state index >= 15 is 0 Å². The van der Waals surface area contributed by atoms with E-state index in [9.17, 15) is 4.79 Å². The second-order valence-corrected chi connectivity index (χ2v) is 5.70. The topological polar surface area (TPSA) is 86.8 Å². The van der Waals surface area contributed by atoms with Gasteiger partial charge in [0.2, 0.25) is 5.91 Å². The normalized spacial score (nSPS) is 17.8. The predicted octanol–water partition coefficient (Wildman–Crippen LogP) is 1.56. The lowest BCUT2D eigenvalue weighted by molar-refractivity contribution is -0.114. The minimum absolute atomic E-state index is 0.116. The average Bonchev–Trinajstić information content (AvgIpc) is 3.16. The zero-order valence-corrected chi connectivity index (χ0v) is 12.9. The Labute approximate surface area is 134 Å². The van der Waals surface area contributed by atoms with E-state index in [2.05, 4.69) is 26.4 Å². The molecule has 2 aromatic heterocycles. The molecule has 7 nitrogen and oxygen atoms in total. The van der Waals surface area contributed by atoms with Crippen LogP contribution >= 0.6 is 0 Å². The number of nitrogens with zero attached hydrogens (tertiary/aromatic N) is 5. The average molecular weight is 310 g/mol. The summed E-state index contributed by atoms with van der Waals surface area (Å²) < 4.78 is 1.92. The van der Waals surface area contributed by atoms with Crippen molar-refractivity contribution in [2.24, 2.45) is 0 Å². The number of carbonyl (C=O) groups is 1. The van der Waals surface area contributed by atoms with Crippen molar-refractivity contribution in [1.82, 2.24) is 19.7 Å². The first kappa shape index (κ1) is 15.2. The van der Waals surface area contributed by atoms with Crippen LogP contribution in [0.5, 0.6) is 0 Å². The second kappa shape index (κ2) is 6.58. The highest BCUT2D eigenvalue weighted by Gasteiger charge is 2.24. The van der Waals surface area contributed by atoms with Gasteiger partial charge in [0.25, 0.3) is 0 Å². The van der Waals surface area contributed by atoms with Crippen molar-refractivity contribution < 1.29 is 4.79 Å². The highest BCUT2D eigenvalue weighted by Crippen LogP contribution is 2.23. The van der Waals surface area contributed by atoms with Gasteiger partial charge < -0.3 is 5.32 Å². The molecule has 0 unspecified atom stereocenters. The SMILES string of the molecule is CC(=O)Nc1ccn([C@H]2CCN(Cc3ccnc(C#N)c3)C2)n1. The first-order chi connectivity index (χ1) is 11.1. The number of rotatable bonds is 4. The smallest absolute Gasteiger partial charge is 0.222 e. The van der Waals surface area contributed by atoms with Gasteiger partial charge in [-0.2, -0.15) is 10.4 Å². The Hall–Kier alpha value is -2.72. The summed E-state index contributed by atoms with van der Waals surface area (Å²) in [7, 11) is 0. The minimum Gasteiger partial charge on any atom is -0.309 e. The standard InChI is InChI=1S/C16H18N6O/c1-12(23)19-16-4-7-22(20-16)15-3-6-21(11-15)10-13-2-5-18-14(8-13)9-17/h2,4-5,7-8,15H,3,6,10-11H2,1H3,(H,19,20,23)/t15-/m0/s1. The van der Waals surface area contributed by atoms with Crippen LogP contribution in [0.2, 0.25) is 0 Å². The number of aromatic nitrogens is 3. The lowest BCUT2D eigenvalue weighted by Crippen LogP contribution is -2.21. The summed E-state index contributed by atoms with van der Waals surface area (Å²) in [6.07, 6.45) is 4.59. The predicted molar refractivity (Wildman–Crippen MR) is 84.4 cm³/mol. The minimum atomic E-state index is -0.116. The van der Waals surface area contributed by atoms with Gasteiger partial charge in [-0.1, -0.05) is 0 Å². The third-order valence-corrected chi connectivity index (χ3v) is 3.88. The molecule has 0 saturated carbocycles. The molecule has 1 fully saturated rings. The first-order valence-electron chi connectivity index (χ1n) is 7.54. The van der Waals surface area contributed by atoms with Gasteiger partial charge in [0.1, 0.15) is 11.8 Å². The van der Waals surface area contributed by atoms with Crippen LogP contribution in [0.25, 0.3) is 0 Å². The number of pyridine rings is 1. The fourth-order valence-corrected chi connectivity index (χ4v) is 2.85. The number of nitrogens with one attached hydrogen (secondary N) is 1. The highest BCUT2D eigenvalue weighted by molar-refractivity contribution is 5.87. The van der Waals surface area contributed by atoms with Crippen LogP contribution in [0, 0.1) is 11.3 Å². The molecule has 1 aliphatic rings. The molecule has 23 heavy (non-hydrogen) atoms. The number of hydrogen-bond acceptors (Lipinski definition) is 5. The van der Waals surface area contributed by atoms with Crippen molar-refractivity contribution in [2.45, 2.75) is 25.9 Å². The van der Waals surface area contributed by atoms with E-state index in [1.165, 1.54) is 6.92 Å². The zero-order valence-electron chi connectivity index (χ0n) is 12.9. The van der Waals surface area contributed by atoms with Crippen LogP contribution in [0.3, 0.4) is 0 Å². The summed E-state index contributed by atoms with van der Waals surface area (Å²) >= 11 is 0. The van der Waals surface area contributed by atoms with E-state index in [1.54, 1.807) is 6.20 Å². The van der Waals surface area contributed by atoms with Gasteiger partial charge >= 0.3 is 0 Å². The van der Waals surface area contributed by atoms with Crippen molar-refractivity contribution in [3.63, 3.8) is 0 Å². The van der Waals surface area contributed by atoms with Crippen LogP contribution in [0.4, 0.5) is 5.82 Å². The van der Waals surface area contributed by atoms with E-state index in [1.807, 2.05) is 29.1 Å². The molecule has 0 spiro atoms. The number of anilines is 1. The third-order valence-electron chi connectivity index (χ3n) is 3.88. The van der Waals surface area contributed by atoms with Crippen molar-refractivity contribution in [1.29, 1.82) is 5.26 Å². The molecule has 7 heteroatoms. The maximum atomic E-state index is 11.1. The van der Waals surface area contributed by atoms with Crippen LogP contribution in [0.15, 0.2) is 30.6 Å². The summed E-state index contributed by atoms with van der Waals surface area (Å²) in [4.78, 5) is 17.4. The van der Waals surface area contributed by atoms with Gasteiger partial charge in [-0.25, -0.2) is 4.98 Å². The van der Waals surface area contributed by atoms with Gasteiger partial charge in [0, 0.05) is 45.0 Å².